The van der Waals surface area contributed by atoms with E-state index in [-0.39, 0.29) is 24.8 Å². The second-order valence-corrected chi connectivity index (χ2v) is 11.5. The Morgan fingerprint density at radius 3 is 2.27 bits per heavy atom. The van der Waals surface area contributed by atoms with Crippen LogP contribution in [0.15, 0.2) is 77.8 Å². The van der Waals surface area contributed by atoms with E-state index in [2.05, 4.69) is 29.6 Å². The lowest BCUT2D eigenvalue weighted by atomic mass is 9.78. The predicted molar refractivity (Wildman–Crippen MR) is 160 cm³/mol. The van der Waals surface area contributed by atoms with Gasteiger partial charge in [-0.3, -0.25) is 19.4 Å². The Hall–Kier alpha value is -3.68. The van der Waals surface area contributed by atoms with E-state index in [0.717, 1.165) is 31.2 Å². The van der Waals surface area contributed by atoms with Crippen LogP contribution < -0.4 is 5.32 Å². The molecule has 1 heterocycles. The van der Waals surface area contributed by atoms with Crippen molar-refractivity contribution in [3.05, 3.63) is 105 Å². The molecule has 2 N–H and O–H groups in total. The van der Waals surface area contributed by atoms with E-state index >= 15 is 0 Å². The third-order valence-electron chi connectivity index (χ3n) is 7.93. The smallest absolute Gasteiger partial charge is 0.305 e. The van der Waals surface area contributed by atoms with Crippen LogP contribution in [0.25, 0.3) is 0 Å². The number of carbonyl (C=O) groups is 3. The van der Waals surface area contributed by atoms with Crippen LogP contribution in [0.4, 0.5) is 0 Å². The Bertz CT molecular complexity index is 1450. The molecule has 7 nitrogen and oxygen atoms in total. The molecule has 0 atom stereocenters. The van der Waals surface area contributed by atoms with E-state index < -0.39 is 11.6 Å². The summed E-state index contributed by atoms with van der Waals surface area (Å²) in [4.78, 5) is 43.9. The van der Waals surface area contributed by atoms with Crippen molar-refractivity contribution in [1.29, 1.82) is 0 Å². The molecule has 3 aromatic rings. The van der Waals surface area contributed by atoms with Crippen LogP contribution >= 0.6 is 23.2 Å². The molecule has 9 heteroatoms. The summed E-state index contributed by atoms with van der Waals surface area (Å²) in [5, 5.41) is 12.3. The van der Waals surface area contributed by atoms with Gasteiger partial charge in [0.15, 0.2) is 0 Å². The van der Waals surface area contributed by atoms with E-state index in [9.17, 15) is 14.4 Å². The minimum atomic E-state index is -0.964. The first-order chi connectivity index (χ1) is 19.7. The maximum atomic E-state index is 13.9. The van der Waals surface area contributed by atoms with E-state index in [1.165, 1.54) is 5.56 Å². The molecule has 1 aliphatic carbocycles. The third kappa shape index (κ3) is 6.63. The molecule has 1 aliphatic heterocycles. The van der Waals surface area contributed by atoms with Gasteiger partial charge in [-0.1, -0.05) is 65.7 Å². The zero-order chi connectivity index (χ0) is 29.0. The first kappa shape index (κ1) is 28.8. The van der Waals surface area contributed by atoms with Gasteiger partial charge in [-0.15, -0.1) is 0 Å². The molecule has 212 valence electrons. The summed E-state index contributed by atoms with van der Waals surface area (Å²) < 4.78 is 0. The van der Waals surface area contributed by atoms with Crippen molar-refractivity contribution in [2.24, 2.45) is 4.99 Å². The maximum Gasteiger partial charge on any atom is 0.305 e. The monoisotopic (exact) mass is 591 g/mol. The highest BCUT2D eigenvalue weighted by Gasteiger charge is 2.48. The van der Waals surface area contributed by atoms with Crippen molar-refractivity contribution in [2.75, 3.05) is 13.1 Å². The first-order valence-electron chi connectivity index (χ1n) is 13.8. The average Bonchev–Trinajstić information content (AvgIpc) is 3.22. The largest absolute Gasteiger partial charge is 0.481 e. The zero-order valence-electron chi connectivity index (χ0n) is 22.5. The summed E-state index contributed by atoms with van der Waals surface area (Å²) in [6.07, 6.45) is 3.82. The fourth-order valence-corrected chi connectivity index (χ4v) is 6.32. The number of nitrogens with one attached hydrogen (secondary N) is 1. The van der Waals surface area contributed by atoms with Crippen molar-refractivity contribution in [1.82, 2.24) is 10.2 Å². The van der Waals surface area contributed by atoms with Gasteiger partial charge in [-0.2, -0.15) is 0 Å². The molecule has 0 bridgehead atoms. The molecule has 3 aromatic carbocycles. The fraction of sp³-hybridized carbons (Fsp3) is 0.312. The van der Waals surface area contributed by atoms with Crippen LogP contribution in [0.1, 0.15) is 65.1 Å². The number of benzene rings is 3. The molecule has 2 aliphatic rings. The summed E-state index contributed by atoms with van der Waals surface area (Å²) in [5.41, 5.74) is 3.13. The first-order valence-corrected chi connectivity index (χ1v) is 14.5. The normalized spacial score (nSPS) is 20.2. The Morgan fingerprint density at radius 2 is 1.63 bits per heavy atom. The van der Waals surface area contributed by atoms with Gasteiger partial charge < -0.3 is 15.3 Å². The van der Waals surface area contributed by atoms with Gasteiger partial charge in [0.05, 0.1) is 6.42 Å². The highest BCUT2D eigenvalue weighted by atomic mass is 35.5. The zero-order valence-corrected chi connectivity index (χ0v) is 24.0. The minimum Gasteiger partial charge on any atom is -0.481 e. The van der Waals surface area contributed by atoms with Gasteiger partial charge in [0.2, 0.25) is 0 Å². The third-order valence-corrected chi connectivity index (χ3v) is 8.36. The van der Waals surface area contributed by atoms with Crippen LogP contribution in [0.2, 0.25) is 10.0 Å². The second-order valence-electron chi connectivity index (χ2n) is 10.6. The number of hydrogen-bond acceptors (Lipinski definition) is 4. The molecular formula is C32H31Cl2N3O4. The van der Waals surface area contributed by atoms with Crippen LogP contribution in [0.3, 0.4) is 0 Å². The topological polar surface area (TPSA) is 99.1 Å². The SMILES string of the molecule is O=C(O)CCNC(=O)c1ccc(CCN2C(=O)C(c3cc(Cl)cc(Cl)c3)=NC23CCC(c2ccccc2)CC3)cc1. The van der Waals surface area contributed by atoms with Gasteiger partial charge in [-0.25, -0.2) is 0 Å². The molecule has 0 unspecified atom stereocenters. The summed E-state index contributed by atoms with van der Waals surface area (Å²) in [7, 11) is 0. The number of hydrogen-bond donors (Lipinski definition) is 2. The Labute approximate surface area is 249 Å². The van der Waals surface area contributed by atoms with Gasteiger partial charge in [0.25, 0.3) is 11.8 Å². The van der Waals surface area contributed by atoms with Crippen LogP contribution in [0.5, 0.6) is 0 Å². The Kier molecular flexibility index (Phi) is 8.76. The van der Waals surface area contributed by atoms with E-state index in [1.54, 1.807) is 30.3 Å². The van der Waals surface area contributed by atoms with E-state index in [1.807, 2.05) is 23.1 Å². The van der Waals surface area contributed by atoms with Gasteiger partial charge in [0.1, 0.15) is 11.4 Å². The molecule has 41 heavy (non-hydrogen) atoms. The number of amides is 2. The van der Waals surface area contributed by atoms with Crippen molar-refractivity contribution in [3.8, 4) is 0 Å². The van der Waals surface area contributed by atoms with Crippen LogP contribution in [0, 0.1) is 0 Å². The lowest BCUT2D eigenvalue weighted by molar-refractivity contribution is -0.136. The maximum absolute atomic E-state index is 13.9. The average molecular weight is 593 g/mol. The van der Waals surface area contributed by atoms with Crippen molar-refractivity contribution < 1.29 is 19.5 Å². The summed E-state index contributed by atoms with van der Waals surface area (Å²) in [5.74, 6) is -0.988. The van der Waals surface area contributed by atoms with E-state index in [4.69, 9.17) is 33.3 Å². The lowest BCUT2D eigenvalue weighted by Crippen LogP contribution is -2.49. The van der Waals surface area contributed by atoms with Gasteiger partial charge in [-0.05, 0) is 79.5 Å². The van der Waals surface area contributed by atoms with Gasteiger partial charge >= 0.3 is 5.97 Å². The Balaban J connectivity index is 1.33. The molecule has 1 saturated carbocycles. The quantitative estimate of drug-likeness (QED) is 0.313. The van der Waals surface area contributed by atoms with Crippen molar-refractivity contribution in [2.45, 2.75) is 50.1 Å². The number of aliphatic carboxylic acids is 1. The number of carbonyl (C=O) groups excluding carboxylic acids is 2. The molecule has 1 spiro atoms. The van der Waals surface area contributed by atoms with Crippen molar-refractivity contribution >= 4 is 46.7 Å². The number of nitrogens with zero attached hydrogens (tertiary/aromatic N) is 2. The molecule has 0 aromatic heterocycles. The molecule has 1 fully saturated rings. The molecule has 5 rings (SSSR count). The highest BCUT2D eigenvalue weighted by Crippen LogP contribution is 2.45. The van der Waals surface area contributed by atoms with Crippen molar-refractivity contribution in [3.63, 3.8) is 0 Å². The standard InChI is InChI=1S/C32H31Cl2N3O4/c33-26-18-25(19-27(34)20-26)29-31(41)37(32(36-29)14-10-23(11-15-32)22-4-2-1-3-5-22)17-13-21-6-8-24(9-7-21)30(40)35-16-12-28(38)39/h1-9,18-20,23H,10-17H2,(H,35,40)(H,38,39). The number of aliphatic imine (C=N–C) groups is 1. The molecule has 2 amide bonds. The van der Waals surface area contributed by atoms with Gasteiger partial charge in [0, 0.05) is 34.3 Å². The number of carboxylic acid groups (broad SMARTS) is 1. The summed E-state index contributed by atoms with van der Waals surface area (Å²) in [6.45, 7) is 0.542. The highest BCUT2D eigenvalue weighted by molar-refractivity contribution is 6.47. The minimum absolute atomic E-state index is 0.0698. The molecule has 0 radical (unpaired) electrons. The van der Waals surface area contributed by atoms with Crippen LogP contribution in [-0.4, -0.2) is 52.3 Å². The molecular weight excluding hydrogens is 561 g/mol. The second kappa shape index (κ2) is 12.5. The van der Waals surface area contributed by atoms with E-state index in [0.29, 0.717) is 45.8 Å². The number of carboxylic acids is 1. The predicted octanol–water partition coefficient (Wildman–Crippen LogP) is 6.13. The molecule has 0 saturated heterocycles. The Morgan fingerprint density at radius 1 is 0.976 bits per heavy atom. The number of halogens is 2. The number of rotatable bonds is 9. The summed E-state index contributed by atoms with van der Waals surface area (Å²) >= 11 is 12.6. The fourth-order valence-electron chi connectivity index (χ4n) is 5.79. The summed E-state index contributed by atoms with van der Waals surface area (Å²) in [6, 6.07) is 22.8. The lowest BCUT2D eigenvalue weighted by Gasteiger charge is -2.41. The van der Waals surface area contributed by atoms with Crippen LogP contribution in [-0.2, 0) is 16.0 Å².